The summed E-state index contributed by atoms with van der Waals surface area (Å²) in [6.45, 7) is 2.59. The maximum Gasteiger partial charge on any atom is 0.323 e. The van der Waals surface area contributed by atoms with E-state index >= 15 is 0 Å². The molecule has 0 atom stereocenters. The summed E-state index contributed by atoms with van der Waals surface area (Å²) in [6, 6.07) is 7.21. The van der Waals surface area contributed by atoms with Crippen LogP contribution in [0, 0.1) is 6.92 Å². The molecule has 1 rings (SSSR count). The van der Waals surface area contributed by atoms with Gasteiger partial charge in [0.1, 0.15) is 6.54 Å². The van der Waals surface area contributed by atoms with Crippen molar-refractivity contribution < 1.29 is 14.7 Å². The summed E-state index contributed by atoms with van der Waals surface area (Å²) in [4.78, 5) is 26.5. The lowest BCUT2D eigenvalue weighted by atomic mass is 10.1. The van der Waals surface area contributed by atoms with Crippen LogP contribution in [0.25, 0.3) is 0 Å². The lowest BCUT2D eigenvalue weighted by Crippen LogP contribution is -2.40. The molecule has 1 aromatic carbocycles. The first kappa shape index (κ1) is 15.2. The Morgan fingerprint density at radius 2 is 1.79 bits per heavy atom. The van der Waals surface area contributed by atoms with Crippen LogP contribution in [0.1, 0.15) is 15.9 Å². The average molecular weight is 264 g/mol. The summed E-state index contributed by atoms with van der Waals surface area (Å²) in [6.07, 6.45) is 0. The van der Waals surface area contributed by atoms with Gasteiger partial charge in [0.25, 0.3) is 5.91 Å². The van der Waals surface area contributed by atoms with E-state index in [0.717, 1.165) is 5.56 Å². The van der Waals surface area contributed by atoms with Crippen LogP contribution in [-0.2, 0) is 4.79 Å². The Kier molecular flexibility index (Phi) is 5.51. The molecule has 1 aromatic rings. The van der Waals surface area contributed by atoms with Crippen molar-refractivity contribution in [2.75, 3.05) is 33.7 Å². The number of aryl methyl sites for hydroxylation is 1. The molecule has 19 heavy (non-hydrogen) atoms. The third-order valence-electron chi connectivity index (χ3n) is 2.81. The second kappa shape index (κ2) is 6.89. The number of rotatable bonds is 6. The lowest BCUT2D eigenvalue weighted by molar-refractivity contribution is -0.137. The van der Waals surface area contributed by atoms with Crippen molar-refractivity contribution >= 4 is 11.9 Å². The fraction of sp³-hybridized carbons (Fsp3) is 0.429. The number of hydrogen-bond acceptors (Lipinski definition) is 3. The van der Waals surface area contributed by atoms with E-state index in [9.17, 15) is 9.59 Å². The molecule has 104 valence electrons. The highest BCUT2D eigenvalue weighted by molar-refractivity contribution is 5.97. The normalized spacial score (nSPS) is 10.5. The molecule has 0 radical (unpaired) electrons. The van der Waals surface area contributed by atoms with Crippen LogP contribution in [-0.4, -0.2) is 60.5 Å². The van der Waals surface area contributed by atoms with Gasteiger partial charge in [-0.15, -0.1) is 0 Å². The molecule has 0 fully saturated rings. The zero-order chi connectivity index (χ0) is 14.4. The molecule has 0 aliphatic rings. The minimum absolute atomic E-state index is 0.234. The van der Waals surface area contributed by atoms with Gasteiger partial charge in [0.05, 0.1) is 0 Å². The van der Waals surface area contributed by atoms with E-state index in [-0.39, 0.29) is 12.5 Å². The lowest BCUT2D eigenvalue weighted by Gasteiger charge is -2.23. The maximum atomic E-state index is 12.4. The first-order valence-electron chi connectivity index (χ1n) is 6.13. The summed E-state index contributed by atoms with van der Waals surface area (Å²) >= 11 is 0. The molecule has 0 bridgehead atoms. The molecule has 1 amide bonds. The molecule has 0 unspecified atom stereocenters. The van der Waals surface area contributed by atoms with Gasteiger partial charge in [-0.05, 0) is 32.6 Å². The standard InChI is InChI=1S/C14H20N2O3/c1-11-6-4-5-7-12(11)14(19)16(10-13(17)18)9-8-15(2)3/h4-7H,8-10H2,1-3H3,(H,17,18). The second-order valence-corrected chi connectivity index (χ2v) is 4.74. The monoisotopic (exact) mass is 264 g/mol. The minimum atomic E-state index is -0.999. The molecule has 0 saturated carbocycles. The molecule has 1 N–H and O–H groups in total. The number of aliphatic carboxylic acids is 1. The zero-order valence-corrected chi connectivity index (χ0v) is 11.6. The summed E-state index contributed by atoms with van der Waals surface area (Å²) in [5, 5.41) is 8.91. The summed E-state index contributed by atoms with van der Waals surface area (Å²) in [5.41, 5.74) is 1.41. The predicted octanol–water partition coefficient (Wildman–Crippen LogP) is 1.08. The van der Waals surface area contributed by atoms with Crippen LogP contribution in [0.2, 0.25) is 0 Å². The number of carbonyl (C=O) groups is 2. The molecular formula is C14H20N2O3. The van der Waals surface area contributed by atoms with Crippen molar-refractivity contribution in [3.8, 4) is 0 Å². The molecule has 0 aliphatic carbocycles. The zero-order valence-electron chi connectivity index (χ0n) is 11.6. The quantitative estimate of drug-likeness (QED) is 0.835. The molecule has 0 aliphatic heterocycles. The van der Waals surface area contributed by atoms with Gasteiger partial charge in [-0.3, -0.25) is 9.59 Å². The van der Waals surface area contributed by atoms with Gasteiger partial charge in [-0.25, -0.2) is 0 Å². The Bertz CT molecular complexity index is 458. The smallest absolute Gasteiger partial charge is 0.323 e. The van der Waals surface area contributed by atoms with E-state index in [1.807, 2.05) is 38.1 Å². The first-order chi connectivity index (χ1) is 8.91. The molecule has 5 heteroatoms. The average Bonchev–Trinajstić information content (AvgIpc) is 2.33. The number of carbonyl (C=O) groups excluding carboxylic acids is 1. The third-order valence-corrected chi connectivity index (χ3v) is 2.81. The number of carboxylic acid groups (broad SMARTS) is 1. The molecule has 0 saturated heterocycles. The minimum Gasteiger partial charge on any atom is -0.480 e. The highest BCUT2D eigenvalue weighted by atomic mass is 16.4. The van der Waals surface area contributed by atoms with Crippen molar-refractivity contribution in [1.29, 1.82) is 0 Å². The van der Waals surface area contributed by atoms with Crippen molar-refractivity contribution in [2.45, 2.75) is 6.92 Å². The molecule has 0 spiro atoms. The van der Waals surface area contributed by atoms with Gasteiger partial charge in [-0.1, -0.05) is 18.2 Å². The van der Waals surface area contributed by atoms with E-state index < -0.39 is 5.97 Å². The molecule has 0 aromatic heterocycles. The number of nitrogens with zero attached hydrogens (tertiary/aromatic N) is 2. The van der Waals surface area contributed by atoms with E-state index in [0.29, 0.717) is 18.7 Å². The van der Waals surface area contributed by atoms with Crippen LogP contribution in [0.15, 0.2) is 24.3 Å². The van der Waals surface area contributed by atoms with Gasteiger partial charge in [0, 0.05) is 18.7 Å². The summed E-state index contributed by atoms with van der Waals surface area (Å²) < 4.78 is 0. The Hall–Kier alpha value is -1.88. The second-order valence-electron chi connectivity index (χ2n) is 4.74. The summed E-state index contributed by atoms with van der Waals surface area (Å²) in [5.74, 6) is -1.23. The number of benzene rings is 1. The Morgan fingerprint density at radius 1 is 1.16 bits per heavy atom. The highest BCUT2D eigenvalue weighted by Gasteiger charge is 2.19. The highest BCUT2D eigenvalue weighted by Crippen LogP contribution is 2.10. The largest absolute Gasteiger partial charge is 0.480 e. The van der Waals surface area contributed by atoms with Crippen molar-refractivity contribution in [3.05, 3.63) is 35.4 Å². The number of amides is 1. The predicted molar refractivity (Wildman–Crippen MR) is 73.3 cm³/mol. The maximum absolute atomic E-state index is 12.4. The van der Waals surface area contributed by atoms with E-state index in [1.54, 1.807) is 12.1 Å². The third kappa shape index (κ3) is 4.71. The van der Waals surface area contributed by atoms with Crippen LogP contribution in [0.5, 0.6) is 0 Å². The van der Waals surface area contributed by atoms with Crippen molar-refractivity contribution in [2.24, 2.45) is 0 Å². The molecule has 0 heterocycles. The van der Waals surface area contributed by atoms with Gasteiger partial charge in [0.15, 0.2) is 0 Å². The van der Waals surface area contributed by atoms with Crippen LogP contribution < -0.4 is 0 Å². The number of likely N-dealkylation sites (N-methyl/N-ethyl adjacent to an activating group) is 1. The van der Waals surface area contributed by atoms with Gasteiger partial charge < -0.3 is 14.9 Å². The fourth-order valence-corrected chi connectivity index (χ4v) is 1.72. The van der Waals surface area contributed by atoms with E-state index in [1.165, 1.54) is 4.90 Å². The van der Waals surface area contributed by atoms with Gasteiger partial charge in [-0.2, -0.15) is 0 Å². The van der Waals surface area contributed by atoms with E-state index in [4.69, 9.17) is 5.11 Å². The fourth-order valence-electron chi connectivity index (χ4n) is 1.72. The first-order valence-corrected chi connectivity index (χ1v) is 6.13. The van der Waals surface area contributed by atoms with Crippen molar-refractivity contribution in [1.82, 2.24) is 9.80 Å². The Morgan fingerprint density at radius 3 is 2.32 bits per heavy atom. The topological polar surface area (TPSA) is 60.9 Å². The van der Waals surface area contributed by atoms with Crippen LogP contribution >= 0.6 is 0 Å². The SMILES string of the molecule is Cc1ccccc1C(=O)N(CCN(C)C)CC(=O)O. The van der Waals surface area contributed by atoms with Crippen molar-refractivity contribution in [3.63, 3.8) is 0 Å². The molecular weight excluding hydrogens is 244 g/mol. The van der Waals surface area contributed by atoms with Crippen LogP contribution in [0.4, 0.5) is 0 Å². The summed E-state index contributed by atoms with van der Waals surface area (Å²) in [7, 11) is 3.77. The molecule has 5 nitrogen and oxygen atoms in total. The van der Waals surface area contributed by atoms with Crippen LogP contribution in [0.3, 0.4) is 0 Å². The van der Waals surface area contributed by atoms with Gasteiger partial charge in [0.2, 0.25) is 0 Å². The number of carboxylic acids is 1. The van der Waals surface area contributed by atoms with Gasteiger partial charge >= 0.3 is 5.97 Å². The Balaban J connectivity index is 2.87. The Labute approximate surface area is 113 Å². The van der Waals surface area contributed by atoms with E-state index in [2.05, 4.69) is 0 Å². The number of hydrogen-bond donors (Lipinski definition) is 1.